The van der Waals surface area contributed by atoms with Crippen LogP contribution in [0.4, 0.5) is 0 Å². The van der Waals surface area contributed by atoms with Crippen molar-refractivity contribution in [3.63, 3.8) is 0 Å². The molecular weight excluding hydrogens is 332 g/mol. The van der Waals surface area contributed by atoms with E-state index in [0.29, 0.717) is 12.9 Å². The van der Waals surface area contributed by atoms with Gasteiger partial charge in [-0.05, 0) is 11.1 Å². The van der Waals surface area contributed by atoms with Gasteiger partial charge >= 0.3 is 0 Å². The van der Waals surface area contributed by atoms with Crippen LogP contribution in [0, 0.1) is 5.92 Å². The molecule has 26 heavy (non-hydrogen) atoms. The summed E-state index contributed by atoms with van der Waals surface area (Å²) >= 11 is 0. The number of ether oxygens (including phenoxy) is 2. The zero-order chi connectivity index (χ0) is 18.8. The second-order valence-corrected chi connectivity index (χ2v) is 6.12. The molecule has 0 aliphatic carbocycles. The van der Waals surface area contributed by atoms with E-state index in [9.17, 15) is 14.7 Å². The molecule has 2 aromatic carbocycles. The summed E-state index contributed by atoms with van der Waals surface area (Å²) in [7, 11) is 0. The SMILES string of the molecule is C[C@@H](C(=O)COCc1ccccc1)[C@H](O)[C@H](C=O)OCc1ccccc1. The Morgan fingerprint density at radius 1 is 1.00 bits per heavy atom. The van der Waals surface area contributed by atoms with E-state index in [1.54, 1.807) is 6.92 Å². The van der Waals surface area contributed by atoms with Gasteiger partial charge in [0.2, 0.25) is 0 Å². The first-order valence-electron chi connectivity index (χ1n) is 8.55. The van der Waals surface area contributed by atoms with Crippen LogP contribution in [0.1, 0.15) is 18.1 Å². The van der Waals surface area contributed by atoms with Crippen molar-refractivity contribution in [1.82, 2.24) is 0 Å². The van der Waals surface area contributed by atoms with Crippen molar-refractivity contribution in [2.45, 2.75) is 32.3 Å². The van der Waals surface area contributed by atoms with Gasteiger partial charge in [-0.25, -0.2) is 0 Å². The second kappa shape index (κ2) is 10.6. The molecule has 5 heteroatoms. The summed E-state index contributed by atoms with van der Waals surface area (Å²) in [6.45, 7) is 1.95. The lowest BCUT2D eigenvalue weighted by molar-refractivity contribution is -0.140. The van der Waals surface area contributed by atoms with Crippen molar-refractivity contribution in [2.24, 2.45) is 5.92 Å². The molecule has 2 rings (SSSR count). The Kier molecular flexibility index (Phi) is 8.15. The topological polar surface area (TPSA) is 72.8 Å². The van der Waals surface area contributed by atoms with Gasteiger partial charge in [-0.15, -0.1) is 0 Å². The molecule has 3 atom stereocenters. The minimum atomic E-state index is -1.22. The lowest BCUT2D eigenvalue weighted by Gasteiger charge is -2.23. The van der Waals surface area contributed by atoms with Gasteiger partial charge in [0.1, 0.15) is 12.7 Å². The highest BCUT2D eigenvalue weighted by Gasteiger charge is 2.30. The molecule has 0 saturated carbocycles. The molecule has 0 radical (unpaired) electrons. The number of aliphatic hydroxyl groups is 1. The van der Waals surface area contributed by atoms with Crippen LogP contribution < -0.4 is 0 Å². The van der Waals surface area contributed by atoms with Crippen LogP contribution in [0.3, 0.4) is 0 Å². The zero-order valence-corrected chi connectivity index (χ0v) is 14.8. The number of aldehydes is 1. The third-order valence-corrected chi connectivity index (χ3v) is 4.13. The van der Waals surface area contributed by atoms with Gasteiger partial charge in [-0.3, -0.25) is 4.79 Å². The van der Waals surface area contributed by atoms with Gasteiger partial charge in [-0.1, -0.05) is 67.6 Å². The van der Waals surface area contributed by atoms with Crippen LogP contribution in [0.15, 0.2) is 60.7 Å². The standard InChI is InChI=1S/C21H24O5/c1-16(19(23)15-25-13-17-8-4-2-5-9-17)21(24)20(12-22)26-14-18-10-6-3-7-11-18/h2-12,16,20-21,24H,13-15H2,1H3/t16-,20-,21-/m0/s1. The van der Waals surface area contributed by atoms with Gasteiger partial charge in [0.25, 0.3) is 0 Å². The highest BCUT2D eigenvalue weighted by Crippen LogP contribution is 2.13. The fraction of sp³-hybridized carbons (Fsp3) is 0.333. The molecule has 0 spiro atoms. The molecule has 0 aliphatic rings. The number of ketones is 1. The Labute approximate surface area is 153 Å². The van der Waals surface area contributed by atoms with Gasteiger partial charge in [0.05, 0.1) is 19.3 Å². The van der Waals surface area contributed by atoms with Crippen LogP contribution in [0.5, 0.6) is 0 Å². The highest BCUT2D eigenvalue weighted by molar-refractivity contribution is 5.83. The fourth-order valence-corrected chi connectivity index (χ4v) is 2.44. The largest absolute Gasteiger partial charge is 0.389 e. The van der Waals surface area contributed by atoms with Crippen molar-refractivity contribution < 1.29 is 24.2 Å². The maximum atomic E-state index is 12.2. The number of Topliss-reactive ketones (excluding diaryl/α,β-unsaturated/α-hetero) is 1. The molecule has 0 amide bonds. The van der Waals surface area contributed by atoms with Gasteiger partial charge in [0.15, 0.2) is 12.1 Å². The van der Waals surface area contributed by atoms with Crippen LogP contribution in [-0.2, 0) is 32.3 Å². The summed E-state index contributed by atoms with van der Waals surface area (Å²) < 4.78 is 10.9. The predicted octanol–water partition coefficient (Wildman–Crippen LogP) is 2.55. The number of benzene rings is 2. The molecule has 5 nitrogen and oxygen atoms in total. The lowest BCUT2D eigenvalue weighted by atomic mass is 9.96. The first-order chi connectivity index (χ1) is 12.6. The average molecular weight is 356 g/mol. The quantitative estimate of drug-likeness (QED) is 0.627. The average Bonchev–Trinajstić information content (AvgIpc) is 2.69. The smallest absolute Gasteiger partial charge is 0.163 e. The van der Waals surface area contributed by atoms with E-state index < -0.39 is 18.1 Å². The Morgan fingerprint density at radius 2 is 1.54 bits per heavy atom. The molecule has 1 N–H and O–H groups in total. The van der Waals surface area contributed by atoms with E-state index in [2.05, 4.69) is 0 Å². The molecule has 0 unspecified atom stereocenters. The summed E-state index contributed by atoms with van der Waals surface area (Å²) in [6.07, 6.45) is -1.75. The van der Waals surface area contributed by atoms with E-state index in [1.807, 2.05) is 60.7 Å². The maximum absolute atomic E-state index is 12.2. The molecule has 0 bridgehead atoms. The number of hydrogen-bond acceptors (Lipinski definition) is 5. The van der Waals surface area contributed by atoms with Crippen molar-refractivity contribution in [2.75, 3.05) is 6.61 Å². The van der Waals surface area contributed by atoms with Crippen LogP contribution in [0.2, 0.25) is 0 Å². The summed E-state index contributed by atoms with van der Waals surface area (Å²) in [4.78, 5) is 23.5. The molecule has 0 heterocycles. The van der Waals surface area contributed by atoms with E-state index in [1.165, 1.54) is 0 Å². The monoisotopic (exact) mass is 356 g/mol. The Morgan fingerprint density at radius 3 is 2.08 bits per heavy atom. The summed E-state index contributed by atoms with van der Waals surface area (Å²) in [5, 5.41) is 10.3. The molecule has 0 saturated heterocycles. The van der Waals surface area contributed by atoms with Gasteiger partial charge in [0, 0.05) is 5.92 Å². The van der Waals surface area contributed by atoms with Gasteiger partial charge < -0.3 is 19.4 Å². The highest BCUT2D eigenvalue weighted by atomic mass is 16.5. The van der Waals surface area contributed by atoms with Crippen molar-refractivity contribution >= 4 is 12.1 Å². The minimum absolute atomic E-state index is 0.128. The maximum Gasteiger partial charge on any atom is 0.163 e. The Balaban J connectivity index is 1.80. The third kappa shape index (κ3) is 6.19. The van der Waals surface area contributed by atoms with E-state index in [0.717, 1.165) is 11.1 Å². The lowest BCUT2D eigenvalue weighted by Crippen LogP contribution is -2.40. The fourth-order valence-electron chi connectivity index (χ4n) is 2.44. The number of aliphatic hydroxyl groups excluding tert-OH is 1. The first kappa shape index (κ1) is 20.0. The van der Waals surface area contributed by atoms with Crippen molar-refractivity contribution in [3.8, 4) is 0 Å². The summed E-state index contributed by atoms with van der Waals surface area (Å²) in [5.41, 5.74) is 1.85. The van der Waals surface area contributed by atoms with Gasteiger partial charge in [-0.2, -0.15) is 0 Å². The van der Waals surface area contributed by atoms with Crippen molar-refractivity contribution in [1.29, 1.82) is 0 Å². The Hall–Kier alpha value is -2.34. The summed E-state index contributed by atoms with van der Waals surface area (Å²) in [6, 6.07) is 18.8. The normalized spacial score (nSPS) is 14.4. The first-order valence-corrected chi connectivity index (χ1v) is 8.55. The van der Waals surface area contributed by atoms with Crippen LogP contribution >= 0.6 is 0 Å². The number of hydrogen-bond donors (Lipinski definition) is 1. The Bertz CT molecular complexity index is 671. The molecule has 2 aromatic rings. The zero-order valence-electron chi connectivity index (χ0n) is 14.8. The van der Waals surface area contributed by atoms with E-state index in [4.69, 9.17) is 9.47 Å². The van der Waals surface area contributed by atoms with Crippen molar-refractivity contribution in [3.05, 3.63) is 71.8 Å². The van der Waals surface area contributed by atoms with E-state index >= 15 is 0 Å². The second-order valence-electron chi connectivity index (χ2n) is 6.12. The number of carbonyl (C=O) groups is 2. The van der Waals surface area contributed by atoms with Crippen LogP contribution in [-0.4, -0.2) is 36.0 Å². The molecule has 0 aliphatic heterocycles. The van der Waals surface area contributed by atoms with E-state index in [-0.39, 0.29) is 19.0 Å². The van der Waals surface area contributed by atoms with Crippen LogP contribution in [0.25, 0.3) is 0 Å². The minimum Gasteiger partial charge on any atom is -0.389 e. The number of carbonyl (C=O) groups excluding carboxylic acids is 2. The molecule has 0 aromatic heterocycles. The third-order valence-electron chi connectivity index (χ3n) is 4.13. The molecule has 0 fully saturated rings. The predicted molar refractivity (Wildman–Crippen MR) is 97.4 cm³/mol. The summed E-state index contributed by atoms with van der Waals surface area (Å²) in [5.74, 6) is -1.04. The number of rotatable bonds is 11. The molecular formula is C21H24O5. The molecule has 138 valence electrons.